The molecule has 0 aliphatic carbocycles. The first-order chi connectivity index (χ1) is 23.2. The van der Waals surface area contributed by atoms with Crippen LogP contribution in [-0.4, -0.2) is 93.4 Å². The Morgan fingerprint density at radius 2 is 1.84 bits per heavy atom. The zero-order valence-electron chi connectivity index (χ0n) is 29.3. The number of aliphatic hydroxyl groups excluding tert-OH is 1. The monoisotopic (exact) mass is 692 g/mol. The molecule has 3 aliphatic heterocycles. The number of amides is 3. The van der Waals surface area contributed by atoms with E-state index in [0.717, 1.165) is 47.6 Å². The van der Waals surface area contributed by atoms with Crippen molar-refractivity contribution >= 4 is 35.1 Å². The Balaban J connectivity index is 1.05. The van der Waals surface area contributed by atoms with E-state index in [1.165, 1.54) is 4.90 Å². The third-order valence-electron chi connectivity index (χ3n) is 9.90. The molecule has 3 fully saturated rings. The summed E-state index contributed by atoms with van der Waals surface area (Å²) in [5, 5.41) is 17.9. The van der Waals surface area contributed by atoms with Crippen LogP contribution in [0.2, 0.25) is 0 Å². The molecule has 49 heavy (non-hydrogen) atoms. The minimum atomic E-state index is -0.793. The molecule has 264 valence electrons. The van der Waals surface area contributed by atoms with E-state index in [-0.39, 0.29) is 42.2 Å². The van der Waals surface area contributed by atoms with Gasteiger partial charge in [0, 0.05) is 57.2 Å². The molecule has 12 nitrogen and oxygen atoms in total. The molecule has 2 aromatic heterocycles. The molecule has 2 N–H and O–H groups in total. The minimum Gasteiger partial charge on any atom is -0.444 e. The lowest BCUT2D eigenvalue weighted by atomic mass is 9.72. The number of nitrogens with zero attached hydrogens (tertiary/aromatic N) is 5. The van der Waals surface area contributed by atoms with Crippen molar-refractivity contribution in [1.29, 1.82) is 0 Å². The lowest BCUT2D eigenvalue weighted by Crippen LogP contribution is -2.61. The number of β-amino-alcohol motifs (C(OH)–C–C–N with tert-alkyl or cyclic N) is 1. The molecule has 3 atom stereocenters. The number of anilines is 1. The molecule has 0 radical (unpaired) electrons. The molecule has 1 spiro atoms. The first kappa shape index (κ1) is 34.9. The number of aromatic nitrogens is 2. The van der Waals surface area contributed by atoms with E-state index >= 15 is 0 Å². The van der Waals surface area contributed by atoms with Crippen LogP contribution in [0.1, 0.15) is 76.8 Å². The van der Waals surface area contributed by atoms with Gasteiger partial charge in [0.25, 0.3) is 0 Å². The summed E-state index contributed by atoms with van der Waals surface area (Å²) in [6, 6.07) is 9.04. The maximum Gasteiger partial charge on any atom is 0.410 e. The number of thiazole rings is 1. The summed E-state index contributed by atoms with van der Waals surface area (Å²) in [5.41, 5.74) is 4.42. The van der Waals surface area contributed by atoms with Crippen LogP contribution in [-0.2, 0) is 20.9 Å². The molecule has 0 saturated carbocycles. The maximum atomic E-state index is 14.1. The van der Waals surface area contributed by atoms with Crippen LogP contribution in [0.15, 0.2) is 40.4 Å². The van der Waals surface area contributed by atoms with Crippen LogP contribution >= 0.6 is 11.3 Å². The number of aliphatic hydroxyl groups is 1. The molecule has 3 saturated heterocycles. The van der Waals surface area contributed by atoms with E-state index in [2.05, 4.69) is 20.4 Å². The Morgan fingerprint density at radius 1 is 1.14 bits per heavy atom. The summed E-state index contributed by atoms with van der Waals surface area (Å²) < 4.78 is 11.3. The van der Waals surface area contributed by atoms with Crippen molar-refractivity contribution in [3.8, 4) is 10.4 Å². The summed E-state index contributed by atoms with van der Waals surface area (Å²) >= 11 is 1.59. The smallest absolute Gasteiger partial charge is 0.410 e. The summed E-state index contributed by atoms with van der Waals surface area (Å²) in [6.07, 6.45) is 0.897. The fourth-order valence-corrected chi connectivity index (χ4v) is 8.00. The van der Waals surface area contributed by atoms with E-state index in [1.807, 2.05) is 77.4 Å². The average molecular weight is 693 g/mol. The van der Waals surface area contributed by atoms with Crippen LogP contribution in [0.3, 0.4) is 0 Å². The van der Waals surface area contributed by atoms with E-state index in [1.54, 1.807) is 16.2 Å². The van der Waals surface area contributed by atoms with Gasteiger partial charge in [-0.25, -0.2) is 9.78 Å². The van der Waals surface area contributed by atoms with Gasteiger partial charge in [-0.05, 0) is 57.6 Å². The van der Waals surface area contributed by atoms with Crippen molar-refractivity contribution in [3.05, 3.63) is 52.9 Å². The number of carbonyl (C=O) groups is 3. The summed E-state index contributed by atoms with van der Waals surface area (Å²) in [7, 11) is 0. The van der Waals surface area contributed by atoms with E-state index in [9.17, 15) is 19.5 Å². The molecule has 3 aromatic rings. The van der Waals surface area contributed by atoms with E-state index in [4.69, 9.17) is 9.26 Å². The number of benzene rings is 1. The molecule has 3 amide bonds. The number of nitrogens with one attached hydrogen (secondary N) is 1. The Bertz CT molecular complexity index is 1650. The second kappa shape index (κ2) is 13.7. The highest BCUT2D eigenvalue weighted by Crippen LogP contribution is 2.43. The van der Waals surface area contributed by atoms with Gasteiger partial charge in [-0.3, -0.25) is 9.59 Å². The highest BCUT2D eigenvalue weighted by atomic mass is 32.1. The summed E-state index contributed by atoms with van der Waals surface area (Å²) in [4.78, 5) is 50.9. The fraction of sp³-hybridized carbons (Fsp3) is 0.583. The van der Waals surface area contributed by atoms with Gasteiger partial charge in [-0.1, -0.05) is 43.3 Å². The number of ether oxygens (including phenoxy) is 1. The van der Waals surface area contributed by atoms with Crippen LogP contribution in [0.5, 0.6) is 0 Å². The van der Waals surface area contributed by atoms with E-state index < -0.39 is 23.7 Å². The number of hydrogen-bond donors (Lipinski definition) is 2. The second-order valence-corrected chi connectivity index (χ2v) is 16.1. The SMILES string of the molecule is Cc1ncsc1-c1ccc(CNC(=O)[C@@H]2C[C@@H](O)CN2C(=O)C(c2cc(N3CC4(CCN(C(=O)OC(C)(C)C)CC4)C3)no2)C(C)C)cc1. The van der Waals surface area contributed by atoms with Crippen LogP contribution in [0.4, 0.5) is 10.6 Å². The molecule has 1 aromatic carbocycles. The van der Waals surface area contributed by atoms with Gasteiger partial charge in [0.2, 0.25) is 11.8 Å². The molecule has 6 rings (SSSR count). The molecule has 1 unspecified atom stereocenters. The third-order valence-corrected chi connectivity index (χ3v) is 10.9. The van der Waals surface area contributed by atoms with Gasteiger partial charge < -0.3 is 34.4 Å². The Labute approximate surface area is 291 Å². The Morgan fingerprint density at radius 3 is 2.45 bits per heavy atom. The minimum absolute atomic E-state index is 0.0823. The third kappa shape index (κ3) is 7.62. The van der Waals surface area contributed by atoms with Gasteiger partial charge in [0.15, 0.2) is 11.6 Å². The molecule has 5 heterocycles. The first-order valence-electron chi connectivity index (χ1n) is 17.2. The number of piperidine rings is 1. The molecular formula is C36H48N6O6S. The number of likely N-dealkylation sites (tertiary alicyclic amines) is 2. The topological polar surface area (TPSA) is 141 Å². The van der Waals surface area contributed by atoms with Crippen LogP contribution in [0.25, 0.3) is 10.4 Å². The summed E-state index contributed by atoms with van der Waals surface area (Å²) in [6.45, 7) is 14.8. The molecule has 13 heteroatoms. The molecular weight excluding hydrogens is 644 g/mol. The van der Waals surface area contributed by atoms with E-state index in [0.29, 0.717) is 31.2 Å². The zero-order valence-corrected chi connectivity index (χ0v) is 30.1. The number of carbonyl (C=O) groups excluding carboxylic acids is 3. The standard InChI is InChI=1S/C36H48N6O6S/c1-22(2)30(28-16-29(39-48-28)41-19-36(20-41)11-13-40(14-12-36)34(46)47-35(4,5)6)33(45)42-18-26(43)15-27(42)32(44)37-17-24-7-9-25(10-8-24)31-23(3)38-21-49-31/h7-10,16,21-22,26-27,30,43H,11-15,17-20H2,1-6H3,(H,37,44)/t26-,27+,30?/m1/s1. The van der Waals surface area contributed by atoms with Gasteiger partial charge in [0.05, 0.1) is 22.2 Å². The lowest BCUT2D eigenvalue weighted by molar-refractivity contribution is -0.141. The predicted molar refractivity (Wildman–Crippen MR) is 186 cm³/mol. The highest BCUT2D eigenvalue weighted by molar-refractivity contribution is 7.13. The predicted octanol–water partition coefficient (Wildman–Crippen LogP) is 4.96. The number of rotatable bonds is 8. The van der Waals surface area contributed by atoms with Gasteiger partial charge in [-0.2, -0.15) is 0 Å². The van der Waals surface area contributed by atoms with Gasteiger partial charge >= 0.3 is 6.09 Å². The maximum absolute atomic E-state index is 14.1. The Hall–Kier alpha value is -3.97. The lowest BCUT2D eigenvalue weighted by Gasteiger charge is -2.53. The fourth-order valence-electron chi connectivity index (χ4n) is 7.19. The number of hydrogen-bond acceptors (Lipinski definition) is 10. The molecule has 3 aliphatic rings. The Kier molecular flexibility index (Phi) is 9.78. The van der Waals surface area contributed by atoms with Crippen molar-refractivity contribution < 1.29 is 28.8 Å². The molecule has 0 bridgehead atoms. The largest absolute Gasteiger partial charge is 0.444 e. The normalized spacial score (nSPS) is 21.2. The van der Waals surface area contributed by atoms with Crippen molar-refractivity contribution in [2.45, 2.75) is 91.0 Å². The zero-order chi connectivity index (χ0) is 35.1. The average Bonchev–Trinajstić information content (AvgIpc) is 3.78. The van der Waals surface area contributed by atoms with Crippen molar-refractivity contribution in [3.63, 3.8) is 0 Å². The van der Waals surface area contributed by atoms with Gasteiger partial charge in [0.1, 0.15) is 17.6 Å². The second-order valence-electron chi connectivity index (χ2n) is 15.2. The van der Waals surface area contributed by atoms with Crippen molar-refractivity contribution in [2.24, 2.45) is 11.3 Å². The number of aryl methyl sites for hydroxylation is 1. The van der Waals surface area contributed by atoms with Crippen LogP contribution < -0.4 is 10.2 Å². The van der Waals surface area contributed by atoms with Gasteiger partial charge in [-0.15, -0.1) is 11.3 Å². The quantitative estimate of drug-likeness (QED) is 0.335. The highest BCUT2D eigenvalue weighted by Gasteiger charge is 2.48. The van der Waals surface area contributed by atoms with Crippen molar-refractivity contribution in [2.75, 3.05) is 37.6 Å². The first-order valence-corrected chi connectivity index (χ1v) is 18.0. The van der Waals surface area contributed by atoms with Crippen molar-refractivity contribution in [1.82, 2.24) is 25.3 Å². The van der Waals surface area contributed by atoms with Crippen LogP contribution in [0, 0.1) is 18.3 Å². The summed E-state index contributed by atoms with van der Waals surface area (Å²) in [5.74, 6) is -0.203.